The molecule has 8 rings (SSSR count). The maximum atomic E-state index is 15.0. The summed E-state index contributed by atoms with van der Waals surface area (Å²) in [6.07, 6.45) is 0.565. The number of halogens is 6. The summed E-state index contributed by atoms with van der Waals surface area (Å²) in [6.45, 7) is 17.7. The van der Waals surface area contributed by atoms with E-state index in [1.165, 1.54) is 48.6 Å². The van der Waals surface area contributed by atoms with E-state index < -0.39 is 82.0 Å². The molecule has 0 saturated carbocycles. The predicted octanol–water partition coefficient (Wildman–Crippen LogP) is 14.4. The average molecular weight is 1290 g/mol. The van der Waals surface area contributed by atoms with Gasteiger partial charge in [0.1, 0.15) is 23.4 Å². The first-order valence-electron chi connectivity index (χ1n) is 31.0. The lowest BCUT2D eigenvalue weighted by molar-refractivity contribution is -0.138. The van der Waals surface area contributed by atoms with Gasteiger partial charge in [0.05, 0.1) is 33.9 Å². The second kappa shape index (κ2) is 30.3. The molecule has 2 heterocycles. The number of nitrogens with zero attached hydrogens (tertiary/aromatic N) is 3. The molecule has 6 aromatic rings. The van der Waals surface area contributed by atoms with Gasteiger partial charge in [-0.1, -0.05) is 85.6 Å². The summed E-state index contributed by atoms with van der Waals surface area (Å²) < 4.78 is 86.8. The number of nitrogens with two attached hydrogens (primary N) is 1. The highest BCUT2D eigenvalue weighted by atomic mass is 19.4. The van der Waals surface area contributed by atoms with Crippen LogP contribution in [0.5, 0.6) is 0 Å². The zero-order valence-electron chi connectivity index (χ0n) is 53.4. The Balaban J connectivity index is 1.09. The number of ether oxygens (including phenoxy) is 1. The number of amides is 5. The molecule has 93 heavy (non-hydrogen) atoms. The second-order valence-electron chi connectivity index (χ2n) is 25.8. The van der Waals surface area contributed by atoms with Crippen molar-refractivity contribution in [3.63, 3.8) is 0 Å². The fraction of sp³-hybridized carbons (Fsp3) is 0.366. The number of anilines is 6. The van der Waals surface area contributed by atoms with Gasteiger partial charge < -0.3 is 41.5 Å². The normalized spacial score (nSPS) is 15.4. The van der Waals surface area contributed by atoms with Crippen LogP contribution in [0.25, 0.3) is 12.2 Å². The molecule has 494 valence electrons. The topological polar surface area (TPSA) is 202 Å². The Bertz CT molecular complexity index is 3610. The van der Waals surface area contributed by atoms with Gasteiger partial charge in [-0.3, -0.25) is 29.8 Å². The molecular formula is C71H82F6N10O6. The largest absolute Gasteiger partial charge is 0.443 e. The van der Waals surface area contributed by atoms with E-state index >= 15 is 0 Å². The molecule has 2 aliphatic rings. The first-order chi connectivity index (χ1) is 43.9. The molecule has 16 nitrogen and oxygen atoms in total. The number of hydrogen-bond acceptors (Lipinski definition) is 11. The second-order valence-corrected chi connectivity index (χ2v) is 25.8. The molecule has 0 radical (unpaired) electrons. The SMILES string of the molecule is CC(C)(CN1CCCCC1)NC(C(=O)Nc1ccc(C(F)(F)F)cc1)c1ccc(/C=C/C(=O)Nc2ccccc2N(C(=O)OC(C)(C)C)/C(=C/c2ccc(C(NC(C)(C)CN3CCCCC3)C(=O)Nc3ccc(C(F)(F)F)cc3)cc2)C(=O)Nc2ccccc2N)cc1. The number of nitrogens with one attached hydrogen (secondary N) is 6. The highest BCUT2D eigenvalue weighted by molar-refractivity contribution is 6.17. The Hall–Kier alpha value is -8.83. The smallest absolute Gasteiger partial charge is 0.419 e. The molecule has 2 unspecified atom stereocenters. The summed E-state index contributed by atoms with van der Waals surface area (Å²) >= 11 is 0. The minimum absolute atomic E-state index is 0.0216. The molecule has 8 N–H and O–H groups in total. The Morgan fingerprint density at radius 2 is 0.957 bits per heavy atom. The van der Waals surface area contributed by atoms with Crippen LogP contribution in [-0.4, -0.2) is 95.5 Å². The molecule has 22 heteroatoms. The molecule has 0 aliphatic carbocycles. The molecule has 0 spiro atoms. The number of carbonyl (C=O) groups is 5. The molecular weight excluding hydrogens is 1200 g/mol. The molecule has 2 fully saturated rings. The molecule has 2 saturated heterocycles. The number of piperidine rings is 2. The first kappa shape index (κ1) is 70.0. The molecule has 5 amide bonds. The van der Waals surface area contributed by atoms with Crippen molar-refractivity contribution in [1.82, 2.24) is 20.4 Å². The number of hydrogen-bond donors (Lipinski definition) is 7. The first-order valence-corrected chi connectivity index (χ1v) is 31.0. The molecule has 0 aromatic heterocycles. The zero-order chi connectivity index (χ0) is 67.3. The predicted molar refractivity (Wildman–Crippen MR) is 354 cm³/mol. The van der Waals surface area contributed by atoms with Crippen molar-refractivity contribution in [3.8, 4) is 0 Å². The average Bonchev–Trinajstić information content (AvgIpc) is 0.901. The van der Waals surface area contributed by atoms with Gasteiger partial charge in [-0.05, 0) is 208 Å². The van der Waals surface area contributed by atoms with Crippen LogP contribution < -0.4 is 42.5 Å². The highest BCUT2D eigenvalue weighted by Crippen LogP contribution is 2.36. The van der Waals surface area contributed by atoms with Gasteiger partial charge in [-0.15, -0.1) is 0 Å². The maximum Gasteiger partial charge on any atom is 0.419 e. The van der Waals surface area contributed by atoms with Gasteiger partial charge in [0.2, 0.25) is 17.7 Å². The summed E-state index contributed by atoms with van der Waals surface area (Å²) in [5.74, 6) is -2.50. The van der Waals surface area contributed by atoms with Gasteiger partial charge in [-0.2, -0.15) is 26.3 Å². The number of likely N-dealkylation sites (tertiary alicyclic amines) is 2. The zero-order valence-corrected chi connectivity index (χ0v) is 53.4. The van der Waals surface area contributed by atoms with Gasteiger partial charge in [0.25, 0.3) is 5.91 Å². The van der Waals surface area contributed by atoms with Crippen molar-refractivity contribution in [2.45, 2.75) is 128 Å². The van der Waals surface area contributed by atoms with Crippen LogP contribution in [0.2, 0.25) is 0 Å². The number of nitrogen functional groups attached to an aromatic ring is 1. The lowest BCUT2D eigenvalue weighted by Gasteiger charge is -2.38. The van der Waals surface area contributed by atoms with Crippen molar-refractivity contribution in [3.05, 3.63) is 191 Å². The fourth-order valence-corrected chi connectivity index (χ4v) is 11.3. The summed E-state index contributed by atoms with van der Waals surface area (Å²) in [6, 6.07) is 32.7. The lowest BCUT2D eigenvalue weighted by Crippen LogP contribution is -2.53. The molecule has 0 bridgehead atoms. The van der Waals surface area contributed by atoms with Crippen LogP contribution in [0.1, 0.15) is 132 Å². The van der Waals surface area contributed by atoms with E-state index in [-0.39, 0.29) is 39.8 Å². The third-order valence-electron chi connectivity index (χ3n) is 15.6. The quantitative estimate of drug-likeness (QED) is 0.0194. The van der Waals surface area contributed by atoms with Gasteiger partial charge in [0, 0.05) is 41.6 Å². The summed E-state index contributed by atoms with van der Waals surface area (Å²) in [4.78, 5) is 78.1. The summed E-state index contributed by atoms with van der Waals surface area (Å²) in [5, 5.41) is 18.2. The molecule has 2 atom stereocenters. The number of para-hydroxylation sites is 4. The Labute approximate surface area is 539 Å². The van der Waals surface area contributed by atoms with Crippen molar-refractivity contribution in [2.24, 2.45) is 0 Å². The van der Waals surface area contributed by atoms with E-state index in [1.54, 1.807) is 112 Å². The minimum atomic E-state index is -4.58. The van der Waals surface area contributed by atoms with Crippen molar-refractivity contribution >= 4 is 76.0 Å². The van der Waals surface area contributed by atoms with E-state index in [4.69, 9.17) is 10.5 Å². The van der Waals surface area contributed by atoms with E-state index in [1.807, 2.05) is 27.7 Å². The number of carbonyl (C=O) groups excluding carboxylic acids is 5. The standard InChI is InChI=1S/C71H82F6N10O6/c1-67(2,3)93-66(92)87(58-21-13-12-20-57(58)81-60(88)39-26-47-22-27-49(28-23-47)61(83-68(4,5)45-85-40-14-8-15-41-85)64(90)79-53-35-31-51(32-36-53)70(72,73)74)59(63(89)82-56-19-11-10-18-55(56)78)44-48-24-29-50(30-25-48)62(84-69(6,7)46-86-42-16-9-17-43-86)65(91)80-54-37-33-52(34-38-54)71(75,76)77/h10-13,18-39,44,61-62,83-84H,8-9,14-17,40-43,45-46,78H2,1-7H3,(H,79,90)(H,80,91)(H,81,88)(H,82,89)/b39-26+,59-44+. The highest BCUT2D eigenvalue weighted by Gasteiger charge is 2.36. The maximum absolute atomic E-state index is 15.0. The van der Waals surface area contributed by atoms with Crippen molar-refractivity contribution < 1.29 is 55.1 Å². The van der Waals surface area contributed by atoms with Gasteiger partial charge >= 0.3 is 18.4 Å². The third kappa shape index (κ3) is 20.6. The van der Waals surface area contributed by atoms with Crippen molar-refractivity contribution in [1.29, 1.82) is 0 Å². The van der Waals surface area contributed by atoms with E-state index in [0.29, 0.717) is 35.3 Å². The molecule has 6 aromatic carbocycles. The van der Waals surface area contributed by atoms with Crippen LogP contribution in [0, 0.1) is 0 Å². The van der Waals surface area contributed by atoms with Crippen LogP contribution >= 0.6 is 0 Å². The Kier molecular flexibility index (Phi) is 22.8. The van der Waals surface area contributed by atoms with Crippen LogP contribution in [0.4, 0.5) is 65.3 Å². The summed E-state index contributed by atoms with van der Waals surface area (Å²) in [5.41, 5.74) is 4.80. The monoisotopic (exact) mass is 1280 g/mol. The van der Waals surface area contributed by atoms with E-state index in [0.717, 1.165) is 93.9 Å². The van der Waals surface area contributed by atoms with E-state index in [2.05, 4.69) is 41.7 Å². The number of benzene rings is 6. The number of alkyl halides is 6. The van der Waals surface area contributed by atoms with Crippen LogP contribution in [-0.2, 0) is 36.3 Å². The Morgan fingerprint density at radius 1 is 0.527 bits per heavy atom. The Morgan fingerprint density at radius 3 is 1.40 bits per heavy atom. The summed E-state index contributed by atoms with van der Waals surface area (Å²) in [7, 11) is 0. The lowest BCUT2D eigenvalue weighted by atomic mass is 9.96. The fourth-order valence-electron chi connectivity index (χ4n) is 11.3. The van der Waals surface area contributed by atoms with Crippen LogP contribution in [0.3, 0.4) is 0 Å². The van der Waals surface area contributed by atoms with Gasteiger partial charge in [-0.25, -0.2) is 9.69 Å². The number of rotatable bonds is 22. The van der Waals surface area contributed by atoms with E-state index in [9.17, 15) is 50.3 Å². The van der Waals surface area contributed by atoms with Crippen LogP contribution in [0.15, 0.2) is 157 Å². The van der Waals surface area contributed by atoms with Crippen molar-refractivity contribution in [2.75, 3.05) is 71.2 Å². The van der Waals surface area contributed by atoms with Gasteiger partial charge in [0.15, 0.2) is 0 Å². The third-order valence-corrected chi connectivity index (χ3v) is 15.6. The minimum Gasteiger partial charge on any atom is -0.443 e. The molecule has 2 aliphatic heterocycles.